The Labute approximate surface area is 132 Å². The molecule has 0 atom stereocenters. The Morgan fingerprint density at radius 1 is 1.29 bits per heavy atom. The van der Waals surface area contributed by atoms with Gasteiger partial charge >= 0.3 is 0 Å². The molecule has 0 radical (unpaired) electrons. The Bertz CT molecular complexity index is 464. The summed E-state index contributed by atoms with van der Waals surface area (Å²) in [5.41, 5.74) is 0.981. The van der Waals surface area contributed by atoms with Crippen LogP contribution in [0.15, 0.2) is 29.2 Å². The minimum Gasteiger partial charge on any atom is -0.351 e. The number of nitrogens with one attached hydrogen (secondary N) is 2. The summed E-state index contributed by atoms with van der Waals surface area (Å²) in [5.74, 6) is 0.0378. The summed E-state index contributed by atoms with van der Waals surface area (Å²) in [6.45, 7) is 9.46. The van der Waals surface area contributed by atoms with E-state index in [2.05, 4.69) is 31.4 Å². The first kappa shape index (κ1) is 16.4. The van der Waals surface area contributed by atoms with Gasteiger partial charge in [0.2, 0.25) is 0 Å². The maximum Gasteiger partial charge on any atom is 0.251 e. The fraction of sp³-hybridized carbons (Fsp3) is 0.588. The van der Waals surface area contributed by atoms with Crippen LogP contribution < -0.4 is 10.6 Å². The number of rotatable bonds is 5. The van der Waals surface area contributed by atoms with E-state index in [0.717, 1.165) is 38.0 Å². The maximum atomic E-state index is 12.2. The minimum absolute atomic E-state index is 0.0378. The number of hydrogen-bond acceptors (Lipinski definition) is 3. The highest BCUT2D eigenvalue weighted by Crippen LogP contribution is 2.27. The zero-order valence-corrected chi connectivity index (χ0v) is 14.1. The van der Waals surface area contributed by atoms with E-state index in [-0.39, 0.29) is 11.3 Å². The van der Waals surface area contributed by atoms with E-state index in [9.17, 15) is 4.79 Å². The SMILES string of the molecule is CC(C)Sc1ccc(C(=O)NCC2(C)CCNCC2)cc1. The Morgan fingerprint density at radius 2 is 1.90 bits per heavy atom. The van der Waals surface area contributed by atoms with Crippen LogP contribution in [-0.2, 0) is 0 Å². The lowest BCUT2D eigenvalue weighted by atomic mass is 9.81. The summed E-state index contributed by atoms with van der Waals surface area (Å²) in [6.07, 6.45) is 2.24. The van der Waals surface area contributed by atoms with Crippen molar-refractivity contribution in [1.29, 1.82) is 0 Å². The molecule has 1 saturated heterocycles. The van der Waals surface area contributed by atoms with Gasteiger partial charge in [-0.05, 0) is 55.6 Å². The quantitative estimate of drug-likeness (QED) is 0.820. The van der Waals surface area contributed by atoms with E-state index in [1.54, 1.807) is 0 Å². The van der Waals surface area contributed by atoms with Crippen molar-refractivity contribution in [3.05, 3.63) is 29.8 Å². The normalized spacial score (nSPS) is 17.7. The number of piperidine rings is 1. The first-order valence-corrected chi connectivity index (χ1v) is 8.62. The second-order valence-corrected chi connectivity index (χ2v) is 8.08. The number of benzene rings is 1. The number of carbonyl (C=O) groups excluding carboxylic acids is 1. The molecule has 0 bridgehead atoms. The van der Waals surface area contributed by atoms with Crippen LogP contribution >= 0.6 is 11.8 Å². The third-order valence-electron chi connectivity index (χ3n) is 3.97. The van der Waals surface area contributed by atoms with Gasteiger partial charge in [-0.15, -0.1) is 11.8 Å². The zero-order chi connectivity index (χ0) is 15.3. The molecule has 4 heteroatoms. The van der Waals surface area contributed by atoms with Crippen molar-refractivity contribution >= 4 is 17.7 Å². The van der Waals surface area contributed by atoms with Gasteiger partial charge in [0.1, 0.15) is 0 Å². The molecule has 1 aliphatic heterocycles. The molecule has 1 heterocycles. The molecule has 1 aromatic carbocycles. The number of hydrogen-bond donors (Lipinski definition) is 2. The van der Waals surface area contributed by atoms with Crippen molar-refractivity contribution in [1.82, 2.24) is 10.6 Å². The van der Waals surface area contributed by atoms with Crippen molar-refractivity contribution in [2.45, 2.75) is 43.8 Å². The summed E-state index contributed by atoms with van der Waals surface area (Å²) in [6, 6.07) is 7.91. The molecule has 1 amide bonds. The highest BCUT2D eigenvalue weighted by atomic mass is 32.2. The second-order valence-electron chi connectivity index (χ2n) is 6.43. The molecule has 3 nitrogen and oxygen atoms in total. The molecule has 21 heavy (non-hydrogen) atoms. The van der Waals surface area contributed by atoms with Crippen LogP contribution in [0.2, 0.25) is 0 Å². The van der Waals surface area contributed by atoms with E-state index >= 15 is 0 Å². The molecule has 0 aromatic heterocycles. The summed E-state index contributed by atoms with van der Waals surface area (Å²) in [4.78, 5) is 13.4. The lowest BCUT2D eigenvalue weighted by Gasteiger charge is -2.34. The number of amides is 1. The monoisotopic (exact) mass is 306 g/mol. The van der Waals surface area contributed by atoms with Gasteiger partial charge in [0.15, 0.2) is 0 Å². The average molecular weight is 306 g/mol. The van der Waals surface area contributed by atoms with Gasteiger partial charge < -0.3 is 10.6 Å². The van der Waals surface area contributed by atoms with Gasteiger partial charge in [-0.1, -0.05) is 20.8 Å². The Hall–Kier alpha value is -1.00. The van der Waals surface area contributed by atoms with Crippen LogP contribution in [0.1, 0.15) is 44.0 Å². The molecule has 0 spiro atoms. The predicted octanol–water partition coefficient (Wildman–Crippen LogP) is 3.31. The fourth-order valence-electron chi connectivity index (χ4n) is 2.56. The van der Waals surface area contributed by atoms with Crippen LogP contribution in [0.4, 0.5) is 0 Å². The van der Waals surface area contributed by atoms with Gasteiger partial charge in [0, 0.05) is 22.3 Å². The first-order chi connectivity index (χ1) is 9.98. The summed E-state index contributed by atoms with van der Waals surface area (Å²) in [5, 5.41) is 7.02. The smallest absolute Gasteiger partial charge is 0.251 e. The lowest BCUT2D eigenvalue weighted by Crippen LogP contribution is -2.42. The molecule has 1 aliphatic rings. The molecule has 2 rings (SSSR count). The van der Waals surface area contributed by atoms with Crippen LogP contribution in [0.5, 0.6) is 0 Å². The van der Waals surface area contributed by atoms with Gasteiger partial charge in [0.25, 0.3) is 5.91 Å². The van der Waals surface area contributed by atoms with Gasteiger partial charge in [-0.2, -0.15) is 0 Å². The van der Waals surface area contributed by atoms with Crippen molar-refractivity contribution in [2.75, 3.05) is 19.6 Å². The fourth-order valence-corrected chi connectivity index (χ4v) is 3.40. The highest BCUT2D eigenvalue weighted by molar-refractivity contribution is 7.99. The van der Waals surface area contributed by atoms with Crippen LogP contribution in [-0.4, -0.2) is 30.8 Å². The standard InChI is InChI=1S/C17H26N2OS/c1-13(2)21-15-6-4-14(5-7-15)16(20)19-12-17(3)8-10-18-11-9-17/h4-7,13,18H,8-12H2,1-3H3,(H,19,20). The Morgan fingerprint density at radius 3 is 2.48 bits per heavy atom. The maximum absolute atomic E-state index is 12.2. The summed E-state index contributed by atoms with van der Waals surface area (Å²) in [7, 11) is 0. The number of thioether (sulfide) groups is 1. The van der Waals surface area contributed by atoms with Crippen molar-refractivity contribution in [2.24, 2.45) is 5.41 Å². The zero-order valence-electron chi connectivity index (χ0n) is 13.2. The minimum atomic E-state index is 0.0378. The van der Waals surface area contributed by atoms with E-state index < -0.39 is 0 Å². The van der Waals surface area contributed by atoms with Crippen LogP contribution in [0.3, 0.4) is 0 Å². The Kier molecular flexibility index (Phi) is 5.71. The Balaban J connectivity index is 1.88. The van der Waals surface area contributed by atoms with Crippen LogP contribution in [0, 0.1) is 5.41 Å². The molecular weight excluding hydrogens is 280 g/mol. The molecule has 1 fully saturated rings. The second kappa shape index (κ2) is 7.32. The van der Waals surface area contributed by atoms with Gasteiger partial charge in [0.05, 0.1) is 0 Å². The summed E-state index contributed by atoms with van der Waals surface area (Å²) < 4.78 is 0. The molecule has 1 aromatic rings. The van der Waals surface area contributed by atoms with E-state index in [0.29, 0.717) is 5.25 Å². The molecule has 0 aliphatic carbocycles. The summed E-state index contributed by atoms with van der Waals surface area (Å²) >= 11 is 1.82. The van der Waals surface area contributed by atoms with Gasteiger partial charge in [-0.3, -0.25) is 4.79 Å². The van der Waals surface area contributed by atoms with E-state index in [1.165, 1.54) is 4.90 Å². The highest BCUT2D eigenvalue weighted by Gasteiger charge is 2.27. The van der Waals surface area contributed by atoms with E-state index in [1.807, 2.05) is 36.0 Å². The van der Waals surface area contributed by atoms with E-state index in [4.69, 9.17) is 0 Å². The molecule has 0 saturated carbocycles. The molecular formula is C17H26N2OS. The average Bonchev–Trinajstić information content (AvgIpc) is 2.46. The molecule has 116 valence electrons. The van der Waals surface area contributed by atoms with Crippen molar-refractivity contribution in [3.63, 3.8) is 0 Å². The third kappa shape index (κ3) is 5.04. The van der Waals surface area contributed by atoms with Gasteiger partial charge in [-0.25, -0.2) is 0 Å². The lowest BCUT2D eigenvalue weighted by molar-refractivity contribution is 0.0922. The first-order valence-electron chi connectivity index (χ1n) is 7.74. The molecule has 2 N–H and O–H groups in total. The number of carbonyl (C=O) groups is 1. The largest absolute Gasteiger partial charge is 0.351 e. The topological polar surface area (TPSA) is 41.1 Å². The van der Waals surface area contributed by atoms with Crippen molar-refractivity contribution < 1.29 is 4.79 Å². The molecule has 0 unspecified atom stereocenters. The van der Waals surface area contributed by atoms with Crippen LogP contribution in [0.25, 0.3) is 0 Å². The van der Waals surface area contributed by atoms with Crippen molar-refractivity contribution in [3.8, 4) is 0 Å². The third-order valence-corrected chi connectivity index (χ3v) is 4.99. The predicted molar refractivity (Wildman–Crippen MR) is 90.0 cm³/mol.